The van der Waals surface area contributed by atoms with E-state index in [2.05, 4.69) is 65.5 Å². The van der Waals surface area contributed by atoms with Crippen molar-refractivity contribution in [3.05, 3.63) is 60.3 Å². The Morgan fingerprint density at radius 3 is 3.05 bits per heavy atom. The second kappa shape index (κ2) is 5.49. The minimum absolute atomic E-state index is 0.385. The second-order valence-corrected chi connectivity index (χ2v) is 5.72. The van der Waals surface area contributed by atoms with Crippen LogP contribution in [0.15, 0.2) is 70.2 Å². The first-order chi connectivity index (χ1) is 9.34. The number of fused-ring (bicyclic) bond motifs is 1. The fraction of sp³-hybridized carbons (Fsp3) is 0.188. The molecule has 2 aliphatic rings. The molecule has 0 bridgehead atoms. The van der Waals surface area contributed by atoms with Gasteiger partial charge in [0.1, 0.15) is 0 Å². The smallest absolute Gasteiger partial charge is 0.0982 e. The van der Waals surface area contributed by atoms with Crippen LogP contribution >= 0.6 is 11.8 Å². The number of benzene rings is 1. The van der Waals surface area contributed by atoms with Crippen molar-refractivity contribution in [2.75, 3.05) is 11.9 Å². The van der Waals surface area contributed by atoms with Gasteiger partial charge in [0, 0.05) is 30.8 Å². The van der Waals surface area contributed by atoms with Crippen LogP contribution in [0.4, 0.5) is 5.69 Å². The quantitative estimate of drug-likeness (QED) is 0.805. The minimum Gasteiger partial charge on any atom is -0.358 e. The summed E-state index contributed by atoms with van der Waals surface area (Å²) in [4.78, 5) is 7.74. The molecule has 1 aromatic carbocycles. The van der Waals surface area contributed by atoms with Crippen molar-refractivity contribution in [3.8, 4) is 0 Å². The summed E-state index contributed by atoms with van der Waals surface area (Å²) in [6, 6.07) is 8.55. The molecule has 0 radical (unpaired) electrons. The van der Waals surface area contributed by atoms with E-state index < -0.39 is 0 Å². The number of anilines is 1. The number of aliphatic imine (C=N–C) groups is 1. The van der Waals surface area contributed by atoms with Crippen LogP contribution in [0.1, 0.15) is 6.42 Å². The molecule has 0 spiro atoms. The first-order valence-corrected chi connectivity index (χ1v) is 7.26. The average molecular weight is 268 g/mol. The molecule has 0 N–H and O–H groups in total. The van der Waals surface area contributed by atoms with Gasteiger partial charge in [-0.3, -0.25) is 4.99 Å². The number of para-hydroxylation sites is 1. The summed E-state index contributed by atoms with van der Waals surface area (Å²) < 4.78 is 0. The van der Waals surface area contributed by atoms with Crippen LogP contribution in [0.5, 0.6) is 0 Å². The number of allylic oxidation sites excluding steroid dienone is 4. The molecule has 0 aliphatic carbocycles. The van der Waals surface area contributed by atoms with E-state index in [1.54, 1.807) is 0 Å². The normalized spacial score (nSPS) is 23.5. The minimum atomic E-state index is 0.385. The summed E-state index contributed by atoms with van der Waals surface area (Å²) in [7, 11) is 2.15. The summed E-state index contributed by atoms with van der Waals surface area (Å²) in [6.45, 7) is 0. The Kier molecular flexibility index (Phi) is 3.56. The molecule has 1 atom stereocenters. The molecule has 0 saturated heterocycles. The van der Waals surface area contributed by atoms with Crippen LogP contribution < -0.4 is 4.90 Å². The van der Waals surface area contributed by atoms with Crippen molar-refractivity contribution in [1.82, 2.24) is 0 Å². The first kappa shape index (κ1) is 12.3. The van der Waals surface area contributed by atoms with Gasteiger partial charge in [-0.2, -0.15) is 0 Å². The van der Waals surface area contributed by atoms with Crippen LogP contribution in [0.3, 0.4) is 0 Å². The maximum absolute atomic E-state index is 4.07. The number of likely N-dealkylation sites (N-methyl/N-ethyl adjacent to an activating group) is 1. The molecule has 2 nitrogen and oxygen atoms in total. The van der Waals surface area contributed by atoms with Crippen molar-refractivity contribution < 1.29 is 0 Å². The van der Waals surface area contributed by atoms with Gasteiger partial charge in [-0.05, 0) is 23.8 Å². The van der Waals surface area contributed by atoms with E-state index in [1.165, 1.54) is 16.2 Å². The molecule has 2 heterocycles. The number of nitrogens with zero attached hydrogens (tertiary/aromatic N) is 2. The molecule has 1 unspecified atom stereocenters. The predicted molar refractivity (Wildman–Crippen MR) is 84.0 cm³/mol. The molecule has 0 amide bonds. The molecule has 0 saturated carbocycles. The maximum Gasteiger partial charge on any atom is 0.0982 e. The average Bonchev–Trinajstić information content (AvgIpc) is 2.78. The van der Waals surface area contributed by atoms with Crippen molar-refractivity contribution in [3.63, 3.8) is 0 Å². The summed E-state index contributed by atoms with van der Waals surface area (Å²) >= 11 is 1.90. The van der Waals surface area contributed by atoms with Crippen LogP contribution in [0, 0.1) is 0 Å². The van der Waals surface area contributed by atoms with Gasteiger partial charge in [0.25, 0.3) is 0 Å². The highest BCUT2D eigenvalue weighted by molar-refractivity contribution is 8.00. The third-order valence-corrected chi connectivity index (χ3v) is 4.58. The summed E-state index contributed by atoms with van der Waals surface area (Å²) in [6.07, 6.45) is 13.3. The third-order valence-electron chi connectivity index (χ3n) is 3.27. The van der Waals surface area contributed by atoms with Crippen molar-refractivity contribution in [2.24, 2.45) is 4.99 Å². The van der Waals surface area contributed by atoms with Gasteiger partial charge in [-0.15, -0.1) is 0 Å². The van der Waals surface area contributed by atoms with Crippen LogP contribution in [0.25, 0.3) is 0 Å². The molecule has 2 aliphatic heterocycles. The number of hydrogen-bond donors (Lipinski definition) is 0. The molecule has 3 heteroatoms. The van der Waals surface area contributed by atoms with Crippen LogP contribution in [0.2, 0.25) is 0 Å². The SMILES string of the molecule is CN1c2ccccc2SC1C=CC=C1C=CN=CC1. The maximum atomic E-state index is 4.07. The third kappa shape index (κ3) is 2.66. The number of rotatable bonds is 2. The summed E-state index contributed by atoms with van der Waals surface area (Å²) in [5, 5.41) is 0.385. The first-order valence-electron chi connectivity index (χ1n) is 6.39. The lowest BCUT2D eigenvalue weighted by atomic mass is 10.1. The lowest BCUT2D eigenvalue weighted by Crippen LogP contribution is -2.21. The van der Waals surface area contributed by atoms with Gasteiger partial charge in [0.2, 0.25) is 0 Å². The van der Waals surface area contributed by atoms with Gasteiger partial charge in [-0.1, -0.05) is 42.1 Å². The van der Waals surface area contributed by atoms with Gasteiger partial charge in [-0.25, -0.2) is 0 Å². The molecular weight excluding hydrogens is 252 g/mol. The Morgan fingerprint density at radius 2 is 2.26 bits per heavy atom. The highest BCUT2D eigenvalue weighted by Gasteiger charge is 2.24. The van der Waals surface area contributed by atoms with Crippen molar-refractivity contribution in [2.45, 2.75) is 16.7 Å². The van der Waals surface area contributed by atoms with E-state index in [4.69, 9.17) is 0 Å². The highest BCUT2D eigenvalue weighted by Crippen LogP contribution is 2.42. The molecule has 96 valence electrons. The van der Waals surface area contributed by atoms with Crippen molar-refractivity contribution in [1.29, 1.82) is 0 Å². The van der Waals surface area contributed by atoms with E-state index >= 15 is 0 Å². The predicted octanol–water partition coefficient (Wildman–Crippen LogP) is 4.03. The fourth-order valence-corrected chi connectivity index (χ4v) is 3.38. The van der Waals surface area contributed by atoms with Crippen LogP contribution in [-0.2, 0) is 0 Å². The monoisotopic (exact) mass is 268 g/mol. The zero-order valence-corrected chi connectivity index (χ0v) is 11.7. The van der Waals surface area contributed by atoms with Gasteiger partial charge >= 0.3 is 0 Å². The van der Waals surface area contributed by atoms with E-state index in [1.807, 2.05) is 24.2 Å². The van der Waals surface area contributed by atoms with E-state index in [0.717, 1.165) is 6.42 Å². The van der Waals surface area contributed by atoms with E-state index in [-0.39, 0.29) is 0 Å². The Bertz CT molecular complexity index is 584. The zero-order valence-electron chi connectivity index (χ0n) is 10.9. The molecular formula is C16H16N2S. The molecule has 19 heavy (non-hydrogen) atoms. The summed E-state index contributed by atoms with van der Waals surface area (Å²) in [5.74, 6) is 0. The zero-order chi connectivity index (χ0) is 13.1. The van der Waals surface area contributed by atoms with E-state index in [9.17, 15) is 0 Å². The molecule has 0 fully saturated rings. The molecule has 0 aromatic heterocycles. The lowest BCUT2D eigenvalue weighted by molar-refractivity contribution is 0.990. The van der Waals surface area contributed by atoms with Crippen molar-refractivity contribution >= 4 is 23.7 Å². The molecule has 3 rings (SSSR count). The topological polar surface area (TPSA) is 15.6 Å². The standard InChI is InChI=1S/C16H16N2S/c1-18-14-6-2-3-7-15(14)19-16(18)8-4-5-13-9-11-17-12-10-13/h2-9,11-12,16H,10H2,1H3. The lowest BCUT2D eigenvalue weighted by Gasteiger charge is -2.17. The Morgan fingerprint density at radius 1 is 1.37 bits per heavy atom. The van der Waals surface area contributed by atoms with Gasteiger partial charge in [0.15, 0.2) is 0 Å². The highest BCUT2D eigenvalue weighted by atomic mass is 32.2. The Hall–Kier alpha value is -1.74. The van der Waals surface area contributed by atoms with Crippen LogP contribution in [-0.4, -0.2) is 18.6 Å². The van der Waals surface area contributed by atoms with Gasteiger partial charge in [0.05, 0.1) is 11.1 Å². The number of thioether (sulfide) groups is 1. The summed E-state index contributed by atoms with van der Waals surface area (Å²) in [5.41, 5.74) is 2.62. The molecule has 1 aromatic rings. The Labute approximate surface area is 118 Å². The largest absolute Gasteiger partial charge is 0.358 e. The second-order valence-electron chi connectivity index (χ2n) is 4.57. The fourth-order valence-electron chi connectivity index (χ4n) is 2.19. The van der Waals surface area contributed by atoms with E-state index in [0.29, 0.717) is 5.37 Å². The Balaban J connectivity index is 1.69. The number of hydrogen-bond acceptors (Lipinski definition) is 3. The van der Waals surface area contributed by atoms with Gasteiger partial charge < -0.3 is 4.90 Å².